The Labute approximate surface area is 105 Å². The Hall–Kier alpha value is 0.110. The summed E-state index contributed by atoms with van der Waals surface area (Å²) in [5.74, 6) is 0. The van der Waals surface area contributed by atoms with Crippen LogP contribution in [0, 0.1) is 0 Å². The van der Waals surface area contributed by atoms with E-state index < -0.39 is 19.0 Å². The van der Waals surface area contributed by atoms with Gasteiger partial charge >= 0.3 is 7.82 Å². The van der Waals surface area contributed by atoms with E-state index in [0.717, 1.165) is 19.3 Å². The maximum atomic E-state index is 12.6. The maximum Gasteiger partial charge on any atom is 0.476 e. The Morgan fingerprint density at radius 1 is 0.941 bits per heavy atom. The molecule has 0 spiro atoms. The summed E-state index contributed by atoms with van der Waals surface area (Å²) < 4.78 is 29.2. The van der Waals surface area contributed by atoms with Crippen LogP contribution in [0.4, 0.5) is 0 Å². The molecule has 4 nitrogen and oxygen atoms in total. The highest BCUT2D eigenvalue weighted by Crippen LogP contribution is 2.57. The van der Waals surface area contributed by atoms with Crippen LogP contribution in [0.3, 0.4) is 0 Å². The van der Waals surface area contributed by atoms with Gasteiger partial charge < -0.3 is 0 Å². The average Bonchev–Trinajstić information content (AvgIpc) is 1.88. The van der Waals surface area contributed by atoms with E-state index in [2.05, 4.69) is 0 Å². The van der Waals surface area contributed by atoms with Gasteiger partial charge in [-0.3, -0.25) is 13.6 Å². The molecule has 5 heteroatoms. The first-order chi connectivity index (χ1) is 7.49. The third kappa shape index (κ3) is 6.01. The van der Waals surface area contributed by atoms with Crippen LogP contribution in [-0.2, 0) is 18.1 Å². The van der Waals surface area contributed by atoms with E-state index in [0.29, 0.717) is 0 Å². The predicted molar refractivity (Wildman–Crippen MR) is 68.0 cm³/mol. The predicted octanol–water partition coefficient (Wildman–Crippen LogP) is 4.29. The van der Waals surface area contributed by atoms with Gasteiger partial charge in [0.15, 0.2) is 0 Å². The van der Waals surface area contributed by atoms with Gasteiger partial charge in [-0.05, 0) is 60.8 Å². The molecule has 1 aliphatic rings. The second-order valence-electron chi connectivity index (χ2n) is 6.51. The Morgan fingerprint density at radius 2 is 1.35 bits per heavy atom. The molecule has 102 valence electrons. The van der Waals surface area contributed by atoms with E-state index in [4.69, 9.17) is 13.6 Å². The lowest BCUT2D eigenvalue weighted by atomic mass is 9.97. The SMILES string of the molecule is CC(C)(C)OP(=O)(OC1CCC1)OC(C)(C)C. The van der Waals surface area contributed by atoms with Gasteiger partial charge in [-0.1, -0.05) is 0 Å². The van der Waals surface area contributed by atoms with Crippen molar-refractivity contribution in [3.63, 3.8) is 0 Å². The van der Waals surface area contributed by atoms with Crippen molar-refractivity contribution in [3.8, 4) is 0 Å². The van der Waals surface area contributed by atoms with Crippen LogP contribution >= 0.6 is 7.82 Å². The molecule has 1 rings (SSSR count). The monoisotopic (exact) mass is 264 g/mol. The van der Waals surface area contributed by atoms with Crippen LogP contribution in [0.5, 0.6) is 0 Å². The average molecular weight is 264 g/mol. The molecule has 0 saturated heterocycles. The van der Waals surface area contributed by atoms with Crippen LogP contribution in [0.2, 0.25) is 0 Å². The van der Waals surface area contributed by atoms with Gasteiger partial charge in [-0.25, -0.2) is 4.57 Å². The minimum Gasteiger partial charge on any atom is -0.284 e. The standard InChI is InChI=1S/C12H25O4P/c1-11(2,3)15-17(13,16-12(4,5)6)14-10-8-7-9-10/h10H,7-9H2,1-6H3. The van der Waals surface area contributed by atoms with Gasteiger partial charge in [0.1, 0.15) is 0 Å². The van der Waals surface area contributed by atoms with Crippen molar-refractivity contribution < 1.29 is 18.1 Å². The van der Waals surface area contributed by atoms with Crippen molar-refractivity contribution in [1.82, 2.24) is 0 Å². The van der Waals surface area contributed by atoms with Crippen molar-refractivity contribution >= 4 is 7.82 Å². The van der Waals surface area contributed by atoms with Crippen molar-refractivity contribution in [3.05, 3.63) is 0 Å². The molecule has 0 aliphatic heterocycles. The number of phosphoric acid groups is 1. The zero-order valence-electron chi connectivity index (χ0n) is 11.8. The zero-order chi connectivity index (χ0) is 13.3. The lowest BCUT2D eigenvalue weighted by Crippen LogP contribution is -2.28. The summed E-state index contributed by atoms with van der Waals surface area (Å²) in [7, 11) is -3.48. The molecule has 17 heavy (non-hydrogen) atoms. The Bertz CT molecular complexity index is 277. The number of rotatable bonds is 4. The quantitative estimate of drug-likeness (QED) is 0.710. The van der Waals surface area contributed by atoms with Crippen LogP contribution in [-0.4, -0.2) is 17.3 Å². The first-order valence-corrected chi connectivity index (χ1v) is 7.65. The fourth-order valence-electron chi connectivity index (χ4n) is 1.39. The summed E-state index contributed by atoms with van der Waals surface area (Å²) >= 11 is 0. The molecule has 1 aliphatic carbocycles. The van der Waals surface area contributed by atoms with Crippen molar-refractivity contribution in [2.24, 2.45) is 0 Å². The zero-order valence-corrected chi connectivity index (χ0v) is 12.7. The number of phosphoric ester groups is 1. The summed E-state index contributed by atoms with van der Waals surface area (Å²) in [5, 5.41) is 0. The lowest BCUT2D eigenvalue weighted by Gasteiger charge is -2.35. The van der Waals surface area contributed by atoms with E-state index in [1.165, 1.54) is 0 Å². The third-order valence-corrected chi connectivity index (χ3v) is 4.20. The topological polar surface area (TPSA) is 44.8 Å². The smallest absolute Gasteiger partial charge is 0.284 e. The molecular formula is C12H25O4P. The summed E-state index contributed by atoms with van der Waals surface area (Å²) in [6.45, 7) is 11.1. The normalized spacial score (nSPS) is 19.2. The molecule has 0 heterocycles. The molecule has 1 saturated carbocycles. The van der Waals surface area contributed by atoms with Gasteiger partial charge in [0, 0.05) is 0 Å². The molecule has 0 aromatic rings. The van der Waals surface area contributed by atoms with Gasteiger partial charge in [0.05, 0.1) is 17.3 Å². The molecule has 0 N–H and O–H groups in total. The highest BCUT2D eigenvalue weighted by molar-refractivity contribution is 7.48. The van der Waals surface area contributed by atoms with Crippen molar-refractivity contribution in [2.45, 2.75) is 78.1 Å². The summed E-state index contributed by atoms with van der Waals surface area (Å²) in [5.41, 5.74) is -1.10. The molecule has 1 fully saturated rings. The van der Waals surface area contributed by atoms with Gasteiger partial charge in [-0.15, -0.1) is 0 Å². The van der Waals surface area contributed by atoms with E-state index in [1.807, 2.05) is 41.5 Å². The first-order valence-electron chi connectivity index (χ1n) is 6.19. The van der Waals surface area contributed by atoms with Crippen LogP contribution < -0.4 is 0 Å². The van der Waals surface area contributed by atoms with E-state index >= 15 is 0 Å². The molecule has 0 atom stereocenters. The first kappa shape index (κ1) is 15.2. The summed E-state index contributed by atoms with van der Waals surface area (Å²) in [6.07, 6.45) is 3.01. The number of hydrogen-bond acceptors (Lipinski definition) is 4. The van der Waals surface area contributed by atoms with E-state index in [1.54, 1.807) is 0 Å². The summed E-state index contributed by atoms with van der Waals surface area (Å²) in [4.78, 5) is 0. The molecule has 0 bridgehead atoms. The third-order valence-electron chi connectivity index (χ3n) is 2.10. The lowest BCUT2D eigenvalue weighted by molar-refractivity contribution is -0.0242. The van der Waals surface area contributed by atoms with Crippen LogP contribution in [0.1, 0.15) is 60.8 Å². The molecule has 0 radical (unpaired) electrons. The molecule has 0 aromatic heterocycles. The fraction of sp³-hybridized carbons (Fsp3) is 1.00. The second kappa shape index (κ2) is 5.00. The Morgan fingerprint density at radius 3 is 1.59 bits per heavy atom. The van der Waals surface area contributed by atoms with Gasteiger partial charge in [0.25, 0.3) is 0 Å². The Kier molecular flexibility index (Phi) is 4.47. The highest BCUT2D eigenvalue weighted by Gasteiger charge is 2.40. The van der Waals surface area contributed by atoms with Crippen LogP contribution in [0.25, 0.3) is 0 Å². The van der Waals surface area contributed by atoms with Crippen LogP contribution in [0.15, 0.2) is 0 Å². The van der Waals surface area contributed by atoms with Gasteiger partial charge in [0.2, 0.25) is 0 Å². The minimum absolute atomic E-state index is 0.0190. The highest BCUT2D eigenvalue weighted by atomic mass is 31.2. The second-order valence-corrected chi connectivity index (χ2v) is 7.98. The van der Waals surface area contributed by atoms with E-state index in [-0.39, 0.29) is 6.10 Å². The largest absolute Gasteiger partial charge is 0.476 e. The maximum absolute atomic E-state index is 12.6. The van der Waals surface area contributed by atoms with E-state index in [9.17, 15) is 4.57 Å². The minimum atomic E-state index is -3.48. The van der Waals surface area contributed by atoms with Crippen molar-refractivity contribution in [1.29, 1.82) is 0 Å². The van der Waals surface area contributed by atoms with Gasteiger partial charge in [-0.2, -0.15) is 0 Å². The summed E-state index contributed by atoms with van der Waals surface area (Å²) in [6, 6.07) is 0. The van der Waals surface area contributed by atoms with Crippen molar-refractivity contribution in [2.75, 3.05) is 0 Å². The molecule has 0 unspecified atom stereocenters. The Balaban J connectivity index is 2.72. The molecular weight excluding hydrogens is 239 g/mol. The fourth-order valence-corrected chi connectivity index (χ4v) is 3.43. The molecule has 0 amide bonds. The number of hydrogen-bond donors (Lipinski definition) is 0. The molecule has 0 aromatic carbocycles.